The van der Waals surface area contributed by atoms with E-state index in [1.165, 1.54) is 30.3 Å². The minimum Gasteiger partial charge on any atom is -0.287 e. The van der Waals surface area contributed by atoms with E-state index in [1.807, 2.05) is 11.0 Å². The van der Waals surface area contributed by atoms with Crippen molar-refractivity contribution in [3.8, 4) is 0 Å². The first kappa shape index (κ1) is 17.5. The SMILES string of the molecule is O=C1CC(N2CC=C(c3ccc(F)cc3)CC2)C(=O)N1c1cccc(F)c1. The molecule has 2 aliphatic rings. The second-order valence-electron chi connectivity index (χ2n) is 6.75. The van der Waals surface area contributed by atoms with Crippen LogP contribution >= 0.6 is 0 Å². The van der Waals surface area contributed by atoms with E-state index in [9.17, 15) is 18.4 Å². The van der Waals surface area contributed by atoms with Crippen LogP contribution in [-0.2, 0) is 9.59 Å². The summed E-state index contributed by atoms with van der Waals surface area (Å²) in [6, 6.07) is 11.3. The molecule has 2 aromatic rings. The van der Waals surface area contributed by atoms with Crippen molar-refractivity contribution < 1.29 is 18.4 Å². The van der Waals surface area contributed by atoms with E-state index < -0.39 is 11.9 Å². The molecular weight excluding hydrogens is 350 g/mol. The molecule has 0 bridgehead atoms. The van der Waals surface area contributed by atoms with Gasteiger partial charge in [-0.15, -0.1) is 0 Å². The van der Waals surface area contributed by atoms with Crippen LogP contribution < -0.4 is 4.90 Å². The normalized spacial score (nSPS) is 20.9. The van der Waals surface area contributed by atoms with Gasteiger partial charge in [0.15, 0.2) is 0 Å². The predicted octanol–water partition coefficient (Wildman–Crippen LogP) is 3.39. The van der Waals surface area contributed by atoms with Gasteiger partial charge in [0, 0.05) is 13.1 Å². The van der Waals surface area contributed by atoms with E-state index in [0.29, 0.717) is 19.5 Å². The third-order valence-electron chi connectivity index (χ3n) is 5.09. The molecule has 138 valence electrons. The maximum atomic E-state index is 13.5. The summed E-state index contributed by atoms with van der Waals surface area (Å²) in [5, 5.41) is 0. The number of halogens is 2. The molecule has 4 rings (SSSR count). The zero-order chi connectivity index (χ0) is 19.0. The molecule has 27 heavy (non-hydrogen) atoms. The number of imide groups is 1. The maximum Gasteiger partial charge on any atom is 0.251 e. The van der Waals surface area contributed by atoms with Crippen molar-refractivity contribution in [1.82, 2.24) is 4.90 Å². The molecule has 1 atom stereocenters. The molecule has 2 aliphatic heterocycles. The van der Waals surface area contributed by atoms with Crippen molar-refractivity contribution in [1.29, 1.82) is 0 Å². The summed E-state index contributed by atoms with van der Waals surface area (Å²) in [4.78, 5) is 28.2. The first-order valence-electron chi connectivity index (χ1n) is 8.84. The molecule has 6 heteroatoms. The van der Waals surface area contributed by atoms with Gasteiger partial charge in [-0.2, -0.15) is 0 Å². The summed E-state index contributed by atoms with van der Waals surface area (Å²) in [5.41, 5.74) is 2.34. The summed E-state index contributed by atoms with van der Waals surface area (Å²) < 4.78 is 26.5. The van der Waals surface area contributed by atoms with Crippen LogP contribution in [-0.4, -0.2) is 35.8 Å². The number of amides is 2. The molecule has 2 aromatic carbocycles. The summed E-state index contributed by atoms with van der Waals surface area (Å²) in [5.74, 6) is -1.39. The Bertz CT molecular complexity index is 924. The molecule has 0 radical (unpaired) electrons. The lowest BCUT2D eigenvalue weighted by molar-refractivity contribution is -0.122. The summed E-state index contributed by atoms with van der Waals surface area (Å²) in [7, 11) is 0. The van der Waals surface area contributed by atoms with Crippen molar-refractivity contribution in [2.45, 2.75) is 18.9 Å². The lowest BCUT2D eigenvalue weighted by Crippen LogP contribution is -2.44. The molecule has 2 amide bonds. The van der Waals surface area contributed by atoms with Gasteiger partial charge in [0.2, 0.25) is 5.91 Å². The summed E-state index contributed by atoms with van der Waals surface area (Å²) >= 11 is 0. The Morgan fingerprint density at radius 1 is 0.963 bits per heavy atom. The lowest BCUT2D eigenvalue weighted by Gasteiger charge is -2.30. The molecule has 0 aliphatic carbocycles. The van der Waals surface area contributed by atoms with Crippen molar-refractivity contribution in [2.75, 3.05) is 18.0 Å². The molecule has 0 N–H and O–H groups in total. The Hall–Kier alpha value is -2.86. The molecule has 1 unspecified atom stereocenters. The van der Waals surface area contributed by atoms with Crippen LogP contribution in [0.5, 0.6) is 0 Å². The second-order valence-corrected chi connectivity index (χ2v) is 6.75. The highest BCUT2D eigenvalue weighted by Crippen LogP contribution is 2.29. The molecule has 0 aromatic heterocycles. The fourth-order valence-corrected chi connectivity index (χ4v) is 3.68. The quantitative estimate of drug-likeness (QED) is 0.780. The highest BCUT2D eigenvalue weighted by molar-refractivity contribution is 6.22. The standard InChI is InChI=1S/C21H18F2N2O2/c22-16-6-4-14(5-7-16)15-8-10-24(11-9-15)19-13-20(26)25(21(19)27)18-3-1-2-17(23)12-18/h1-8,12,19H,9-11,13H2. The van der Waals surface area contributed by atoms with Gasteiger partial charge >= 0.3 is 0 Å². The number of hydrogen-bond acceptors (Lipinski definition) is 3. The van der Waals surface area contributed by atoms with Crippen LogP contribution in [0, 0.1) is 11.6 Å². The first-order chi connectivity index (χ1) is 13.0. The predicted molar refractivity (Wildman–Crippen MR) is 97.9 cm³/mol. The van der Waals surface area contributed by atoms with E-state index in [2.05, 4.69) is 0 Å². The largest absolute Gasteiger partial charge is 0.287 e. The number of carbonyl (C=O) groups excluding carboxylic acids is 2. The zero-order valence-corrected chi connectivity index (χ0v) is 14.6. The van der Waals surface area contributed by atoms with Gasteiger partial charge in [-0.05, 0) is 47.9 Å². The Labute approximate surface area is 155 Å². The third kappa shape index (κ3) is 3.40. The van der Waals surface area contributed by atoms with Crippen LogP contribution in [0.2, 0.25) is 0 Å². The van der Waals surface area contributed by atoms with Crippen LogP contribution in [0.25, 0.3) is 5.57 Å². The molecular formula is C21H18F2N2O2. The summed E-state index contributed by atoms with van der Waals surface area (Å²) in [6.45, 7) is 1.16. The molecule has 1 saturated heterocycles. The number of rotatable bonds is 3. The Balaban J connectivity index is 1.49. The van der Waals surface area contributed by atoms with Crippen LogP contribution in [0.4, 0.5) is 14.5 Å². The number of benzene rings is 2. The monoisotopic (exact) mass is 368 g/mol. The van der Waals surface area contributed by atoms with E-state index >= 15 is 0 Å². The van der Waals surface area contributed by atoms with Gasteiger partial charge in [-0.25, -0.2) is 13.7 Å². The fourth-order valence-electron chi connectivity index (χ4n) is 3.68. The van der Waals surface area contributed by atoms with Crippen molar-refractivity contribution in [3.05, 3.63) is 71.8 Å². The maximum absolute atomic E-state index is 13.5. The zero-order valence-electron chi connectivity index (χ0n) is 14.6. The Morgan fingerprint density at radius 3 is 2.41 bits per heavy atom. The average Bonchev–Trinajstić information content (AvgIpc) is 2.97. The van der Waals surface area contributed by atoms with E-state index in [4.69, 9.17) is 0 Å². The van der Waals surface area contributed by atoms with E-state index in [-0.39, 0.29) is 29.7 Å². The number of carbonyl (C=O) groups is 2. The molecule has 2 heterocycles. The van der Waals surface area contributed by atoms with E-state index in [0.717, 1.165) is 16.0 Å². The van der Waals surface area contributed by atoms with Crippen LogP contribution in [0.3, 0.4) is 0 Å². The van der Waals surface area contributed by atoms with Gasteiger partial charge in [0.1, 0.15) is 11.6 Å². The lowest BCUT2D eigenvalue weighted by atomic mass is 9.98. The van der Waals surface area contributed by atoms with Gasteiger partial charge in [0.05, 0.1) is 18.2 Å². The van der Waals surface area contributed by atoms with Crippen LogP contribution in [0.1, 0.15) is 18.4 Å². The van der Waals surface area contributed by atoms with Crippen molar-refractivity contribution in [3.63, 3.8) is 0 Å². The molecule has 0 saturated carbocycles. The number of hydrogen-bond donors (Lipinski definition) is 0. The number of anilines is 1. The van der Waals surface area contributed by atoms with Gasteiger partial charge < -0.3 is 0 Å². The Kier molecular flexibility index (Phi) is 4.58. The van der Waals surface area contributed by atoms with Crippen molar-refractivity contribution >= 4 is 23.1 Å². The first-order valence-corrected chi connectivity index (χ1v) is 8.84. The Morgan fingerprint density at radius 2 is 1.74 bits per heavy atom. The second kappa shape index (κ2) is 7.04. The van der Waals surface area contributed by atoms with E-state index in [1.54, 1.807) is 18.2 Å². The molecule has 0 spiro atoms. The highest BCUT2D eigenvalue weighted by Gasteiger charge is 2.42. The minimum absolute atomic E-state index is 0.0923. The fraction of sp³-hybridized carbons (Fsp3) is 0.238. The third-order valence-corrected chi connectivity index (χ3v) is 5.09. The number of nitrogens with zero attached hydrogens (tertiary/aromatic N) is 2. The molecule has 4 nitrogen and oxygen atoms in total. The topological polar surface area (TPSA) is 40.6 Å². The van der Waals surface area contributed by atoms with Gasteiger partial charge in [0.25, 0.3) is 5.91 Å². The summed E-state index contributed by atoms with van der Waals surface area (Å²) in [6.07, 6.45) is 2.82. The van der Waals surface area contributed by atoms with Gasteiger partial charge in [-0.3, -0.25) is 14.5 Å². The van der Waals surface area contributed by atoms with Crippen molar-refractivity contribution in [2.24, 2.45) is 0 Å². The van der Waals surface area contributed by atoms with Crippen LogP contribution in [0.15, 0.2) is 54.6 Å². The average molecular weight is 368 g/mol. The minimum atomic E-state index is -0.535. The van der Waals surface area contributed by atoms with Gasteiger partial charge in [-0.1, -0.05) is 24.3 Å². The highest BCUT2D eigenvalue weighted by atomic mass is 19.1. The smallest absolute Gasteiger partial charge is 0.251 e. The molecule has 1 fully saturated rings.